The maximum absolute atomic E-state index is 10.2. The Morgan fingerprint density at radius 3 is 2.36 bits per heavy atom. The highest BCUT2D eigenvalue weighted by molar-refractivity contribution is 5.86. The molecule has 4 heterocycles. The third-order valence-corrected chi connectivity index (χ3v) is 7.23. The summed E-state index contributed by atoms with van der Waals surface area (Å²) in [5.74, 6) is 2.18. The van der Waals surface area contributed by atoms with E-state index in [1.807, 2.05) is 36.5 Å². The maximum atomic E-state index is 10.2. The molecule has 0 unspecified atom stereocenters. The molecular formula is C30H28N6. The second-order valence-electron chi connectivity index (χ2n) is 9.50. The van der Waals surface area contributed by atoms with Gasteiger partial charge in [0, 0.05) is 44.4 Å². The van der Waals surface area contributed by atoms with Crippen molar-refractivity contribution >= 4 is 28.3 Å². The van der Waals surface area contributed by atoms with Crippen LogP contribution in [-0.2, 0) is 6.42 Å². The highest BCUT2D eigenvalue weighted by atomic mass is 15.3. The van der Waals surface area contributed by atoms with Gasteiger partial charge in [-0.25, -0.2) is 9.97 Å². The second-order valence-corrected chi connectivity index (χ2v) is 9.50. The number of hydrogen-bond acceptors (Lipinski definition) is 5. The Hall–Kier alpha value is -4.37. The molecule has 5 aromatic rings. The van der Waals surface area contributed by atoms with E-state index in [4.69, 9.17) is 4.98 Å². The molecule has 178 valence electrons. The van der Waals surface area contributed by atoms with Crippen molar-refractivity contribution < 1.29 is 0 Å². The van der Waals surface area contributed by atoms with Gasteiger partial charge >= 0.3 is 0 Å². The number of hydrogen-bond donors (Lipinski definition) is 0. The molecule has 1 saturated heterocycles. The summed E-state index contributed by atoms with van der Waals surface area (Å²) in [5, 5.41) is 10.2. The first kappa shape index (κ1) is 22.1. The van der Waals surface area contributed by atoms with Crippen molar-refractivity contribution in [2.45, 2.75) is 20.3 Å². The van der Waals surface area contributed by atoms with Crippen molar-refractivity contribution in [1.29, 1.82) is 5.26 Å². The van der Waals surface area contributed by atoms with Gasteiger partial charge in [0.2, 0.25) is 0 Å². The molecule has 6 heteroatoms. The lowest BCUT2D eigenvalue weighted by atomic mass is 9.97. The summed E-state index contributed by atoms with van der Waals surface area (Å²) < 4.78 is 2.22. The molecule has 1 aliphatic rings. The summed E-state index contributed by atoms with van der Waals surface area (Å²) in [6.45, 7) is 7.68. The van der Waals surface area contributed by atoms with Gasteiger partial charge < -0.3 is 9.80 Å². The van der Waals surface area contributed by atoms with Crippen LogP contribution in [0.1, 0.15) is 27.8 Å². The van der Waals surface area contributed by atoms with Gasteiger partial charge in [0.25, 0.3) is 0 Å². The highest BCUT2D eigenvalue weighted by Gasteiger charge is 2.27. The predicted octanol–water partition coefficient (Wildman–Crippen LogP) is 5.29. The third-order valence-electron chi connectivity index (χ3n) is 7.23. The molecule has 36 heavy (non-hydrogen) atoms. The summed E-state index contributed by atoms with van der Waals surface area (Å²) in [6, 6.07) is 25.4. The first-order valence-corrected chi connectivity index (χ1v) is 12.4. The first-order valence-electron chi connectivity index (χ1n) is 12.4. The molecular weight excluding hydrogens is 444 g/mol. The van der Waals surface area contributed by atoms with Gasteiger partial charge in [-0.05, 0) is 54.8 Å². The van der Waals surface area contributed by atoms with Crippen LogP contribution in [0.4, 0.5) is 11.6 Å². The van der Waals surface area contributed by atoms with E-state index in [0.717, 1.165) is 66.5 Å². The van der Waals surface area contributed by atoms with Crippen molar-refractivity contribution in [3.8, 4) is 6.07 Å². The lowest BCUT2D eigenvalue weighted by molar-refractivity contribution is 0.637. The van der Waals surface area contributed by atoms with E-state index < -0.39 is 0 Å². The molecule has 0 N–H and O–H groups in total. The number of nitrogens with zero attached hydrogens (tertiary/aromatic N) is 6. The average Bonchev–Trinajstić information content (AvgIpc) is 3.29. The number of piperazine rings is 1. The van der Waals surface area contributed by atoms with Crippen molar-refractivity contribution in [3.63, 3.8) is 0 Å². The summed E-state index contributed by atoms with van der Waals surface area (Å²) in [5.41, 5.74) is 8.01. The fourth-order valence-corrected chi connectivity index (χ4v) is 5.35. The van der Waals surface area contributed by atoms with Crippen molar-refractivity contribution in [2.24, 2.45) is 0 Å². The lowest BCUT2D eigenvalue weighted by Crippen LogP contribution is -2.47. The first-order chi connectivity index (χ1) is 17.6. The molecule has 0 bridgehead atoms. The molecule has 0 atom stereocenters. The predicted molar refractivity (Wildman–Crippen MR) is 145 cm³/mol. The Bertz CT molecular complexity index is 1600. The van der Waals surface area contributed by atoms with Crippen molar-refractivity contribution in [2.75, 3.05) is 36.0 Å². The Morgan fingerprint density at radius 2 is 1.61 bits per heavy atom. The third kappa shape index (κ3) is 3.74. The zero-order valence-electron chi connectivity index (χ0n) is 20.6. The molecule has 0 spiro atoms. The van der Waals surface area contributed by atoms with Gasteiger partial charge in [-0.3, -0.25) is 4.40 Å². The number of rotatable bonds is 4. The fraction of sp³-hybridized carbons (Fsp3) is 0.233. The Kier molecular flexibility index (Phi) is 5.54. The van der Waals surface area contributed by atoms with Crippen LogP contribution in [0.2, 0.25) is 0 Å². The minimum atomic E-state index is 0.656. The van der Waals surface area contributed by atoms with Gasteiger partial charge in [-0.15, -0.1) is 0 Å². The number of anilines is 2. The van der Waals surface area contributed by atoms with E-state index in [0.29, 0.717) is 5.56 Å². The number of nitriles is 1. The van der Waals surface area contributed by atoms with E-state index >= 15 is 0 Å². The van der Waals surface area contributed by atoms with E-state index in [9.17, 15) is 5.26 Å². The summed E-state index contributed by atoms with van der Waals surface area (Å²) in [6.07, 6.45) is 2.65. The minimum Gasteiger partial charge on any atom is -0.354 e. The van der Waals surface area contributed by atoms with Gasteiger partial charge in [0.1, 0.15) is 17.7 Å². The zero-order valence-corrected chi connectivity index (χ0v) is 20.6. The number of aromatic nitrogens is 3. The van der Waals surface area contributed by atoms with Crippen molar-refractivity contribution in [1.82, 2.24) is 14.4 Å². The van der Waals surface area contributed by atoms with Crippen LogP contribution in [-0.4, -0.2) is 40.5 Å². The SMILES string of the molecule is Cc1ccnc(N2CCN(c3c(Cc4ccccc4)c(C)c(C#N)c4nc5ccccc5n34)CC2)c1. The summed E-state index contributed by atoms with van der Waals surface area (Å²) in [4.78, 5) is 14.4. The molecule has 6 nitrogen and oxygen atoms in total. The molecule has 0 amide bonds. The number of fused-ring (bicyclic) bond motifs is 3. The van der Waals surface area contributed by atoms with Gasteiger partial charge in [-0.2, -0.15) is 5.26 Å². The van der Waals surface area contributed by atoms with Crippen LogP contribution >= 0.6 is 0 Å². The molecule has 2 aromatic carbocycles. The Labute approximate surface area is 211 Å². The number of para-hydroxylation sites is 2. The van der Waals surface area contributed by atoms with E-state index in [-0.39, 0.29) is 0 Å². The molecule has 0 radical (unpaired) electrons. The minimum absolute atomic E-state index is 0.656. The van der Waals surface area contributed by atoms with E-state index in [1.165, 1.54) is 16.7 Å². The van der Waals surface area contributed by atoms with Crippen LogP contribution in [0.3, 0.4) is 0 Å². The Balaban J connectivity index is 1.51. The molecule has 6 rings (SSSR count). The number of pyridine rings is 2. The van der Waals surface area contributed by atoms with Crippen LogP contribution in [0, 0.1) is 25.2 Å². The van der Waals surface area contributed by atoms with Gasteiger partial charge in [0.05, 0.1) is 16.6 Å². The lowest BCUT2D eigenvalue weighted by Gasteiger charge is -2.38. The smallest absolute Gasteiger partial charge is 0.157 e. The normalized spacial score (nSPS) is 13.9. The van der Waals surface area contributed by atoms with E-state index in [2.05, 4.69) is 75.5 Å². The summed E-state index contributed by atoms with van der Waals surface area (Å²) >= 11 is 0. The maximum Gasteiger partial charge on any atom is 0.157 e. The molecule has 0 aliphatic carbocycles. The largest absolute Gasteiger partial charge is 0.354 e. The molecule has 1 fully saturated rings. The van der Waals surface area contributed by atoms with Gasteiger partial charge in [0.15, 0.2) is 5.65 Å². The van der Waals surface area contributed by atoms with Crippen LogP contribution < -0.4 is 9.80 Å². The van der Waals surface area contributed by atoms with Gasteiger partial charge in [-0.1, -0.05) is 42.5 Å². The number of imidazole rings is 1. The second kappa shape index (κ2) is 9.01. The quantitative estimate of drug-likeness (QED) is 0.356. The van der Waals surface area contributed by atoms with Crippen molar-refractivity contribution in [3.05, 3.63) is 101 Å². The average molecular weight is 473 g/mol. The molecule has 1 aliphatic heterocycles. The highest BCUT2D eigenvalue weighted by Crippen LogP contribution is 2.35. The standard InChI is InChI=1S/C30H28N6/c1-21-12-13-32-28(18-21)34-14-16-35(17-15-34)30-24(19-23-8-4-3-5-9-23)22(2)25(20-31)29-33-26-10-6-7-11-27(26)36(29)30/h3-13,18H,14-17,19H2,1-2H3. The molecule has 3 aromatic heterocycles. The Morgan fingerprint density at radius 1 is 0.889 bits per heavy atom. The summed E-state index contributed by atoms with van der Waals surface area (Å²) in [7, 11) is 0. The van der Waals surface area contributed by atoms with Crippen LogP contribution in [0.25, 0.3) is 16.7 Å². The van der Waals surface area contributed by atoms with E-state index in [1.54, 1.807) is 0 Å². The fourth-order valence-electron chi connectivity index (χ4n) is 5.35. The van der Waals surface area contributed by atoms with Crippen LogP contribution in [0.5, 0.6) is 0 Å². The zero-order chi connectivity index (χ0) is 24.6. The molecule has 0 saturated carbocycles. The number of benzene rings is 2. The topological polar surface area (TPSA) is 60.5 Å². The van der Waals surface area contributed by atoms with Crippen LogP contribution in [0.15, 0.2) is 72.9 Å². The number of aryl methyl sites for hydroxylation is 1. The monoisotopic (exact) mass is 472 g/mol.